The Morgan fingerprint density at radius 3 is 2.60 bits per heavy atom. The second-order valence-corrected chi connectivity index (χ2v) is 5.29. The van der Waals surface area contributed by atoms with Gasteiger partial charge in [0, 0.05) is 18.7 Å². The van der Waals surface area contributed by atoms with Gasteiger partial charge in [0.2, 0.25) is 0 Å². The second kappa shape index (κ2) is 6.49. The van der Waals surface area contributed by atoms with Gasteiger partial charge in [-0.05, 0) is 43.9 Å². The van der Waals surface area contributed by atoms with Crippen LogP contribution in [0, 0.1) is 11.8 Å². The number of aliphatic hydroxyl groups excluding tert-OH is 1. The predicted octanol–water partition coefficient (Wildman–Crippen LogP) is 2.56. The molecule has 1 saturated carbocycles. The maximum atomic E-state index is 8.97. The predicted molar refractivity (Wildman–Crippen MR) is 64.9 cm³/mol. The summed E-state index contributed by atoms with van der Waals surface area (Å²) in [5, 5.41) is 12.7. The quantitative estimate of drug-likeness (QED) is 0.735. The van der Waals surface area contributed by atoms with Gasteiger partial charge in [0.25, 0.3) is 0 Å². The molecular weight excluding hydrogens is 186 g/mol. The van der Waals surface area contributed by atoms with Crippen LogP contribution < -0.4 is 5.32 Å². The molecule has 0 radical (unpaired) electrons. The molecule has 0 aromatic carbocycles. The van der Waals surface area contributed by atoms with E-state index in [1.54, 1.807) is 0 Å². The minimum atomic E-state index is 0.309. The fraction of sp³-hybridized carbons (Fsp3) is 1.00. The molecule has 1 rings (SSSR count). The first-order valence-electron chi connectivity index (χ1n) is 6.54. The van der Waals surface area contributed by atoms with E-state index in [1.165, 1.54) is 19.3 Å². The van der Waals surface area contributed by atoms with Crippen LogP contribution in [-0.4, -0.2) is 23.8 Å². The molecule has 15 heavy (non-hydrogen) atoms. The van der Waals surface area contributed by atoms with Crippen LogP contribution in [0.1, 0.15) is 52.9 Å². The van der Waals surface area contributed by atoms with E-state index >= 15 is 0 Å². The highest BCUT2D eigenvalue weighted by Crippen LogP contribution is 2.29. The summed E-state index contributed by atoms with van der Waals surface area (Å²) in [6.45, 7) is 7.23. The van der Waals surface area contributed by atoms with Crippen molar-refractivity contribution in [2.75, 3.05) is 6.61 Å². The lowest BCUT2D eigenvalue weighted by molar-refractivity contribution is 0.194. The van der Waals surface area contributed by atoms with Gasteiger partial charge in [-0.15, -0.1) is 0 Å². The third-order valence-corrected chi connectivity index (χ3v) is 3.85. The summed E-state index contributed by atoms with van der Waals surface area (Å²) < 4.78 is 0. The Morgan fingerprint density at radius 1 is 1.33 bits per heavy atom. The molecule has 2 nitrogen and oxygen atoms in total. The molecule has 4 atom stereocenters. The van der Waals surface area contributed by atoms with Gasteiger partial charge in [-0.1, -0.05) is 20.8 Å². The highest BCUT2D eigenvalue weighted by atomic mass is 16.3. The number of hydrogen-bond donors (Lipinski definition) is 2. The van der Waals surface area contributed by atoms with Crippen molar-refractivity contribution in [1.82, 2.24) is 5.32 Å². The van der Waals surface area contributed by atoms with Crippen LogP contribution in [0.4, 0.5) is 0 Å². The summed E-state index contributed by atoms with van der Waals surface area (Å²) in [5.74, 6) is 1.69. The molecule has 0 aromatic rings. The first-order chi connectivity index (χ1) is 7.17. The van der Waals surface area contributed by atoms with E-state index in [0.29, 0.717) is 18.7 Å². The van der Waals surface area contributed by atoms with Gasteiger partial charge in [-0.25, -0.2) is 0 Å². The lowest BCUT2D eigenvalue weighted by Gasteiger charge is -2.35. The Bertz CT molecular complexity index is 172. The lowest BCUT2D eigenvalue weighted by atomic mass is 9.79. The summed E-state index contributed by atoms with van der Waals surface area (Å²) in [6.07, 6.45) is 6.05. The lowest BCUT2D eigenvalue weighted by Crippen LogP contribution is -2.44. The highest BCUT2D eigenvalue weighted by Gasteiger charge is 2.26. The first kappa shape index (κ1) is 13.0. The van der Waals surface area contributed by atoms with Crippen LogP contribution in [0.25, 0.3) is 0 Å². The molecule has 0 heterocycles. The van der Waals surface area contributed by atoms with E-state index in [1.807, 2.05) is 0 Å². The molecule has 1 aliphatic carbocycles. The van der Waals surface area contributed by atoms with Crippen molar-refractivity contribution in [2.24, 2.45) is 11.8 Å². The summed E-state index contributed by atoms with van der Waals surface area (Å²) in [4.78, 5) is 0. The van der Waals surface area contributed by atoms with Crippen LogP contribution in [0.15, 0.2) is 0 Å². The SMILES string of the molecule is CCC(CCO)NC1CCC(C)CC1C. The van der Waals surface area contributed by atoms with Crippen LogP contribution in [0.3, 0.4) is 0 Å². The zero-order chi connectivity index (χ0) is 11.3. The molecule has 0 spiro atoms. The summed E-state index contributed by atoms with van der Waals surface area (Å²) in [6, 6.07) is 1.19. The minimum absolute atomic E-state index is 0.309. The smallest absolute Gasteiger partial charge is 0.0445 e. The molecule has 0 aliphatic heterocycles. The maximum Gasteiger partial charge on any atom is 0.0445 e. The molecule has 0 amide bonds. The van der Waals surface area contributed by atoms with Crippen molar-refractivity contribution < 1.29 is 5.11 Å². The third-order valence-electron chi connectivity index (χ3n) is 3.85. The molecule has 90 valence electrons. The van der Waals surface area contributed by atoms with Gasteiger partial charge < -0.3 is 10.4 Å². The second-order valence-electron chi connectivity index (χ2n) is 5.29. The van der Waals surface area contributed by atoms with Crippen molar-refractivity contribution in [3.63, 3.8) is 0 Å². The number of nitrogens with one attached hydrogen (secondary N) is 1. The average molecular weight is 213 g/mol. The molecule has 2 heteroatoms. The molecule has 0 bridgehead atoms. The van der Waals surface area contributed by atoms with Crippen LogP contribution in [0.5, 0.6) is 0 Å². The van der Waals surface area contributed by atoms with E-state index in [0.717, 1.165) is 24.7 Å². The van der Waals surface area contributed by atoms with Gasteiger partial charge in [0.1, 0.15) is 0 Å². The van der Waals surface area contributed by atoms with E-state index in [2.05, 4.69) is 26.1 Å². The van der Waals surface area contributed by atoms with Crippen LogP contribution in [0.2, 0.25) is 0 Å². The van der Waals surface area contributed by atoms with Gasteiger partial charge >= 0.3 is 0 Å². The third kappa shape index (κ3) is 4.12. The van der Waals surface area contributed by atoms with Gasteiger partial charge in [0.15, 0.2) is 0 Å². The number of rotatable bonds is 5. The highest BCUT2D eigenvalue weighted by molar-refractivity contribution is 4.83. The molecule has 1 fully saturated rings. The summed E-state index contributed by atoms with van der Waals surface area (Å²) >= 11 is 0. The van der Waals surface area contributed by atoms with Gasteiger partial charge in [-0.3, -0.25) is 0 Å². The van der Waals surface area contributed by atoms with Gasteiger partial charge in [0.05, 0.1) is 0 Å². The molecule has 1 aliphatic rings. The normalized spacial score (nSPS) is 34.0. The van der Waals surface area contributed by atoms with Crippen molar-refractivity contribution in [2.45, 2.75) is 65.0 Å². The molecule has 4 unspecified atom stereocenters. The largest absolute Gasteiger partial charge is 0.396 e. The first-order valence-corrected chi connectivity index (χ1v) is 6.54. The Hall–Kier alpha value is -0.0800. The van der Waals surface area contributed by atoms with E-state index in [4.69, 9.17) is 5.11 Å². The zero-order valence-corrected chi connectivity index (χ0v) is 10.5. The van der Waals surface area contributed by atoms with E-state index in [-0.39, 0.29) is 0 Å². The standard InChI is InChI=1S/C13H27NO/c1-4-12(7-8-15)14-13-6-5-10(2)9-11(13)3/h10-15H,4-9H2,1-3H3. The monoisotopic (exact) mass is 213 g/mol. The number of hydrogen-bond acceptors (Lipinski definition) is 2. The summed E-state index contributed by atoms with van der Waals surface area (Å²) in [5.41, 5.74) is 0. The van der Waals surface area contributed by atoms with Crippen molar-refractivity contribution in [3.05, 3.63) is 0 Å². The Morgan fingerprint density at radius 2 is 2.07 bits per heavy atom. The van der Waals surface area contributed by atoms with Crippen LogP contribution >= 0.6 is 0 Å². The average Bonchev–Trinajstić information content (AvgIpc) is 2.21. The number of aliphatic hydroxyl groups is 1. The maximum absolute atomic E-state index is 8.97. The molecule has 2 N–H and O–H groups in total. The molecule has 0 saturated heterocycles. The molecule has 0 aromatic heterocycles. The molecular formula is C13H27NO. The minimum Gasteiger partial charge on any atom is -0.396 e. The van der Waals surface area contributed by atoms with Gasteiger partial charge in [-0.2, -0.15) is 0 Å². The van der Waals surface area contributed by atoms with E-state index in [9.17, 15) is 0 Å². The Kier molecular flexibility index (Phi) is 5.62. The Balaban J connectivity index is 2.35. The fourth-order valence-electron chi connectivity index (χ4n) is 2.78. The van der Waals surface area contributed by atoms with Crippen LogP contribution in [-0.2, 0) is 0 Å². The Labute approximate surface area is 94.5 Å². The fourth-order valence-corrected chi connectivity index (χ4v) is 2.78. The summed E-state index contributed by atoms with van der Waals surface area (Å²) in [7, 11) is 0. The van der Waals surface area contributed by atoms with Crippen molar-refractivity contribution in [3.8, 4) is 0 Å². The van der Waals surface area contributed by atoms with Crippen molar-refractivity contribution in [1.29, 1.82) is 0 Å². The van der Waals surface area contributed by atoms with Crippen molar-refractivity contribution >= 4 is 0 Å². The topological polar surface area (TPSA) is 32.3 Å². The van der Waals surface area contributed by atoms with E-state index < -0.39 is 0 Å². The zero-order valence-electron chi connectivity index (χ0n) is 10.5.